The fraction of sp³-hybridized carbons (Fsp3) is 0.375. The molecule has 0 aliphatic rings. The van der Waals surface area contributed by atoms with Crippen molar-refractivity contribution in [3.05, 3.63) is 47.3 Å². The summed E-state index contributed by atoms with van der Waals surface area (Å²) in [6, 6.07) is 9.79. The average molecular weight is 350 g/mol. The van der Waals surface area contributed by atoms with E-state index in [-0.39, 0.29) is 5.91 Å². The zero-order valence-corrected chi connectivity index (χ0v) is 14.0. The fourth-order valence-electron chi connectivity index (χ4n) is 2.13. The maximum atomic E-state index is 12.4. The molecule has 1 N–H and O–H groups in total. The molecule has 1 heterocycles. The van der Waals surface area contributed by atoms with E-state index in [4.69, 9.17) is 0 Å². The van der Waals surface area contributed by atoms with E-state index in [0.29, 0.717) is 12.2 Å². The quantitative estimate of drug-likeness (QED) is 0.809. The predicted molar refractivity (Wildman–Crippen MR) is 89.2 cm³/mol. The zero-order valence-electron chi connectivity index (χ0n) is 12.4. The number of rotatable bonds is 6. The number of halogens is 1. The number of nitrogens with one attached hydrogen (secondary N) is 1. The van der Waals surface area contributed by atoms with E-state index in [2.05, 4.69) is 26.3 Å². The van der Waals surface area contributed by atoms with Gasteiger partial charge in [-0.3, -0.25) is 9.48 Å². The molecule has 0 spiro atoms. The van der Waals surface area contributed by atoms with Crippen molar-refractivity contribution in [1.29, 1.82) is 0 Å². The van der Waals surface area contributed by atoms with Crippen LogP contribution in [0.4, 0.5) is 5.69 Å². The Morgan fingerprint density at radius 2 is 2.00 bits per heavy atom. The number of anilines is 1. The summed E-state index contributed by atoms with van der Waals surface area (Å²) in [5, 5.41) is 8.27. The third-order valence-electron chi connectivity index (χ3n) is 3.32. The first-order valence-corrected chi connectivity index (χ1v) is 8.33. The lowest BCUT2D eigenvalue weighted by Gasteiger charge is -2.07. The largest absolute Gasteiger partial charge is 0.321 e. The smallest absolute Gasteiger partial charge is 0.273 e. The van der Waals surface area contributed by atoms with E-state index in [0.717, 1.165) is 29.6 Å². The molecule has 0 unspecified atom stereocenters. The van der Waals surface area contributed by atoms with Crippen molar-refractivity contribution in [2.75, 3.05) is 10.6 Å². The van der Waals surface area contributed by atoms with E-state index in [1.807, 2.05) is 44.2 Å². The van der Waals surface area contributed by atoms with E-state index < -0.39 is 0 Å². The minimum absolute atomic E-state index is 0.114. The predicted octanol–water partition coefficient (Wildman–Crippen LogP) is 3.66. The van der Waals surface area contributed by atoms with Crippen molar-refractivity contribution in [2.24, 2.45) is 0 Å². The molecule has 112 valence electrons. The summed E-state index contributed by atoms with van der Waals surface area (Å²) in [6.45, 7) is 4.71. The second-order valence-electron chi connectivity index (χ2n) is 4.78. The molecule has 2 aromatic rings. The van der Waals surface area contributed by atoms with Crippen LogP contribution in [0.2, 0.25) is 0 Å². The molecule has 4 nitrogen and oxygen atoms in total. The van der Waals surface area contributed by atoms with Gasteiger partial charge in [-0.05, 0) is 43.5 Å². The van der Waals surface area contributed by atoms with Crippen molar-refractivity contribution in [2.45, 2.75) is 33.2 Å². The van der Waals surface area contributed by atoms with Crippen LogP contribution in [0.25, 0.3) is 0 Å². The first kappa shape index (κ1) is 15.8. The van der Waals surface area contributed by atoms with Gasteiger partial charge in [-0.15, -0.1) is 0 Å². The maximum absolute atomic E-state index is 12.4. The standard InChI is InChI=1S/C16H20BrN3O/c1-3-13-11-15(20(4-2)19-13)16(21)18-14-7-5-12(6-8-14)9-10-17/h5-8,11H,3-4,9-10H2,1-2H3,(H,18,21). The topological polar surface area (TPSA) is 46.9 Å². The fourth-order valence-corrected chi connectivity index (χ4v) is 2.58. The van der Waals surface area contributed by atoms with Gasteiger partial charge in [0.2, 0.25) is 0 Å². The monoisotopic (exact) mass is 349 g/mol. The number of hydrogen-bond acceptors (Lipinski definition) is 2. The Labute approximate surface area is 133 Å². The van der Waals surface area contributed by atoms with Crippen molar-refractivity contribution in [1.82, 2.24) is 9.78 Å². The summed E-state index contributed by atoms with van der Waals surface area (Å²) >= 11 is 3.42. The average Bonchev–Trinajstić information content (AvgIpc) is 2.93. The summed E-state index contributed by atoms with van der Waals surface area (Å²) in [5.41, 5.74) is 3.60. The second kappa shape index (κ2) is 7.41. The van der Waals surface area contributed by atoms with Crippen LogP contribution in [0.5, 0.6) is 0 Å². The van der Waals surface area contributed by atoms with Crippen LogP contribution in [0, 0.1) is 0 Å². The molecule has 0 aliphatic carbocycles. The molecule has 0 fully saturated rings. The van der Waals surface area contributed by atoms with Crippen LogP contribution in [0.3, 0.4) is 0 Å². The minimum atomic E-state index is -0.114. The number of nitrogens with zero attached hydrogens (tertiary/aromatic N) is 2. The summed E-state index contributed by atoms with van der Waals surface area (Å²) in [5.74, 6) is -0.114. The van der Waals surface area contributed by atoms with Crippen molar-refractivity contribution in [3.63, 3.8) is 0 Å². The van der Waals surface area contributed by atoms with E-state index in [1.165, 1.54) is 5.56 Å². The molecular weight excluding hydrogens is 330 g/mol. The van der Waals surface area contributed by atoms with Gasteiger partial charge >= 0.3 is 0 Å². The van der Waals surface area contributed by atoms with Gasteiger partial charge in [0.25, 0.3) is 5.91 Å². The molecule has 0 aliphatic heterocycles. The maximum Gasteiger partial charge on any atom is 0.273 e. The molecule has 0 saturated heterocycles. The van der Waals surface area contributed by atoms with Gasteiger partial charge < -0.3 is 5.32 Å². The third-order valence-corrected chi connectivity index (χ3v) is 3.72. The van der Waals surface area contributed by atoms with E-state index >= 15 is 0 Å². The van der Waals surface area contributed by atoms with Crippen molar-refractivity contribution >= 4 is 27.5 Å². The molecule has 21 heavy (non-hydrogen) atoms. The molecule has 0 atom stereocenters. The Morgan fingerprint density at radius 1 is 1.29 bits per heavy atom. The lowest BCUT2D eigenvalue weighted by molar-refractivity contribution is 0.101. The molecule has 1 aromatic heterocycles. The van der Waals surface area contributed by atoms with Crippen molar-refractivity contribution in [3.8, 4) is 0 Å². The van der Waals surface area contributed by atoms with E-state index in [1.54, 1.807) is 4.68 Å². The number of alkyl halides is 1. The molecule has 0 bridgehead atoms. The highest BCUT2D eigenvalue weighted by molar-refractivity contribution is 9.09. The lowest BCUT2D eigenvalue weighted by atomic mass is 10.1. The molecule has 2 rings (SSSR count). The first-order valence-electron chi connectivity index (χ1n) is 7.20. The summed E-state index contributed by atoms with van der Waals surface area (Å²) in [4.78, 5) is 12.4. The number of aryl methyl sites for hydroxylation is 3. The SMILES string of the molecule is CCc1cc(C(=O)Nc2ccc(CCBr)cc2)n(CC)n1. The highest BCUT2D eigenvalue weighted by atomic mass is 79.9. The normalized spacial score (nSPS) is 10.6. The van der Waals surface area contributed by atoms with Crippen LogP contribution < -0.4 is 5.32 Å². The molecule has 5 heteroatoms. The first-order chi connectivity index (χ1) is 10.2. The minimum Gasteiger partial charge on any atom is -0.321 e. The Hall–Kier alpha value is -1.62. The summed E-state index contributed by atoms with van der Waals surface area (Å²) in [7, 11) is 0. The number of carbonyl (C=O) groups is 1. The molecule has 0 radical (unpaired) electrons. The van der Waals surface area contributed by atoms with Crippen LogP contribution in [0.15, 0.2) is 30.3 Å². The van der Waals surface area contributed by atoms with Crippen LogP contribution in [-0.4, -0.2) is 21.0 Å². The van der Waals surface area contributed by atoms with Gasteiger partial charge in [-0.25, -0.2) is 0 Å². The Kier molecular flexibility index (Phi) is 5.56. The number of amides is 1. The van der Waals surface area contributed by atoms with Crippen LogP contribution in [0.1, 0.15) is 35.6 Å². The Bertz CT molecular complexity index is 604. The number of aromatic nitrogens is 2. The highest BCUT2D eigenvalue weighted by Crippen LogP contribution is 2.13. The third kappa shape index (κ3) is 3.94. The number of hydrogen-bond donors (Lipinski definition) is 1. The number of carbonyl (C=O) groups excluding carboxylic acids is 1. The van der Waals surface area contributed by atoms with Gasteiger partial charge in [-0.2, -0.15) is 5.10 Å². The van der Waals surface area contributed by atoms with Gasteiger partial charge in [0, 0.05) is 17.6 Å². The van der Waals surface area contributed by atoms with Gasteiger partial charge in [0.15, 0.2) is 0 Å². The van der Waals surface area contributed by atoms with Gasteiger partial charge in [0.05, 0.1) is 5.69 Å². The zero-order chi connectivity index (χ0) is 15.2. The van der Waals surface area contributed by atoms with Crippen molar-refractivity contribution < 1.29 is 4.79 Å². The Morgan fingerprint density at radius 3 is 2.57 bits per heavy atom. The van der Waals surface area contributed by atoms with Gasteiger partial charge in [0.1, 0.15) is 5.69 Å². The second-order valence-corrected chi connectivity index (χ2v) is 5.57. The Balaban J connectivity index is 2.11. The highest BCUT2D eigenvalue weighted by Gasteiger charge is 2.14. The van der Waals surface area contributed by atoms with Crippen LogP contribution in [-0.2, 0) is 19.4 Å². The molecule has 0 saturated carbocycles. The lowest BCUT2D eigenvalue weighted by Crippen LogP contribution is -2.17. The molecule has 1 aromatic carbocycles. The summed E-state index contributed by atoms with van der Waals surface area (Å²) in [6.07, 6.45) is 1.81. The molecule has 1 amide bonds. The molecular formula is C16H20BrN3O. The van der Waals surface area contributed by atoms with E-state index in [9.17, 15) is 4.79 Å². The van der Waals surface area contributed by atoms with Crippen LogP contribution >= 0.6 is 15.9 Å². The summed E-state index contributed by atoms with van der Waals surface area (Å²) < 4.78 is 1.74. The van der Waals surface area contributed by atoms with Gasteiger partial charge in [-0.1, -0.05) is 35.0 Å². The number of benzene rings is 1.